The summed E-state index contributed by atoms with van der Waals surface area (Å²) in [6, 6.07) is 5.89. The van der Waals surface area contributed by atoms with Crippen LogP contribution in [0.15, 0.2) is 24.3 Å². The summed E-state index contributed by atoms with van der Waals surface area (Å²) in [7, 11) is -3.53. The molecule has 0 aromatic heterocycles. The van der Waals surface area contributed by atoms with E-state index in [1.54, 1.807) is 12.1 Å². The highest BCUT2D eigenvalue weighted by Gasteiger charge is 2.22. The molecule has 1 unspecified atom stereocenters. The molecule has 1 atom stereocenters. The monoisotopic (exact) mass is 290 g/mol. The van der Waals surface area contributed by atoms with Crippen LogP contribution in [0.1, 0.15) is 12.5 Å². The smallest absolute Gasteiger partial charge is 0.220 e. The van der Waals surface area contributed by atoms with E-state index >= 15 is 0 Å². The Morgan fingerprint density at radius 1 is 1.44 bits per heavy atom. The molecule has 1 rings (SSSR count). The summed E-state index contributed by atoms with van der Waals surface area (Å²) in [6.45, 7) is 1.66. The zero-order valence-electron chi connectivity index (χ0n) is 9.89. The summed E-state index contributed by atoms with van der Waals surface area (Å²) >= 11 is 4.64. The topological polar surface area (TPSA) is 72.2 Å². The largest absolute Gasteiger partial charge is 0.392 e. The second-order valence-corrected chi connectivity index (χ2v) is 6.42. The fourth-order valence-electron chi connectivity index (χ4n) is 1.27. The molecule has 7 heteroatoms. The van der Waals surface area contributed by atoms with Gasteiger partial charge in [0.05, 0.1) is 4.99 Å². The first-order valence-electron chi connectivity index (χ1n) is 5.35. The van der Waals surface area contributed by atoms with Gasteiger partial charge in [-0.1, -0.05) is 24.4 Å². The normalized spacial score (nSPS) is 13.2. The number of hydrogen-bond acceptors (Lipinski definition) is 3. The highest BCUT2D eigenvalue weighted by Crippen LogP contribution is 2.04. The summed E-state index contributed by atoms with van der Waals surface area (Å²) in [6.07, 6.45) is 0.476. The molecule has 1 aromatic carbocycles. The van der Waals surface area contributed by atoms with Crippen molar-refractivity contribution in [3.8, 4) is 0 Å². The maximum atomic E-state index is 12.7. The van der Waals surface area contributed by atoms with Gasteiger partial charge in [-0.2, -0.15) is 0 Å². The van der Waals surface area contributed by atoms with Crippen molar-refractivity contribution in [1.29, 1.82) is 0 Å². The van der Waals surface area contributed by atoms with Crippen molar-refractivity contribution in [3.05, 3.63) is 35.6 Å². The van der Waals surface area contributed by atoms with Crippen molar-refractivity contribution in [3.63, 3.8) is 0 Å². The molecular formula is C11H15FN2O2S2. The Morgan fingerprint density at radius 3 is 2.50 bits per heavy atom. The van der Waals surface area contributed by atoms with E-state index in [0.29, 0.717) is 6.42 Å². The van der Waals surface area contributed by atoms with Gasteiger partial charge in [-0.15, -0.1) is 0 Å². The number of hydrogen-bond donors (Lipinski definition) is 2. The lowest BCUT2D eigenvalue weighted by molar-refractivity contribution is 0.578. The molecule has 0 fully saturated rings. The molecule has 0 aliphatic carbocycles. The fourth-order valence-corrected chi connectivity index (χ4v) is 2.59. The first-order chi connectivity index (χ1) is 8.33. The standard InChI is InChI=1S/C11H15FN2O2S2/c1-8(11(13)17)18(15,16)14-7-6-9-2-4-10(12)5-3-9/h2-5,8,14H,6-7H2,1H3,(H2,13,17). The van der Waals surface area contributed by atoms with Crippen molar-refractivity contribution in [2.45, 2.75) is 18.6 Å². The molecule has 0 spiro atoms. The molecule has 100 valence electrons. The first kappa shape index (κ1) is 15.0. The Bertz CT molecular complexity index is 514. The second kappa shape index (κ2) is 6.21. The van der Waals surface area contributed by atoms with E-state index in [0.717, 1.165) is 5.56 Å². The van der Waals surface area contributed by atoms with E-state index < -0.39 is 15.3 Å². The van der Waals surface area contributed by atoms with Crippen molar-refractivity contribution in [2.75, 3.05) is 6.54 Å². The lowest BCUT2D eigenvalue weighted by Crippen LogP contribution is -2.40. The highest BCUT2D eigenvalue weighted by atomic mass is 32.2. The third-order valence-corrected chi connectivity index (χ3v) is 4.79. The number of sulfonamides is 1. The van der Waals surface area contributed by atoms with Crippen LogP contribution in [0.5, 0.6) is 0 Å². The van der Waals surface area contributed by atoms with Gasteiger partial charge in [0.1, 0.15) is 11.1 Å². The van der Waals surface area contributed by atoms with E-state index in [1.807, 2.05) is 0 Å². The maximum absolute atomic E-state index is 12.7. The minimum Gasteiger partial charge on any atom is -0.392 e. The van der Waals surface area contributed by atoms with E-state index in [9.17, 15) is 12.8 Å². The molecule has 3 N–H and O–H groups in total. The van der Waals surface area contributed by atoms with Crippen LogP contribution in [0, 0.1) is 5.82 Å². The molecule has 0 aliphatic rings. The van der Waals surface area contributed by atoms with E-state index in [-0.39, 0.29) is 17.4 Å². The summed E-state index contributed by atoms with van der Waals surface area (Å²) < 4.78 is 38.4. The van der Waals surface area contributed by atoms with Gasteiger partial charge in [0, 0.05) is 6.54 Å². The van der Waals surface area contributed by atoms with Crippen LogP contribution >= 0.6 is 12.2 Å². The lowest BCUT2D eigenvalue weighted by Gasteiger charge is -2.12. The van der Waals surface area contributed by atoms with Crippen LogP contribution in [0.25, 0.3) is 0 Å². The van der Waals surface area contributed by atoms with Gasteiger partial charge >= 0.3 is 0 Å². The number of halogens is 1. The average molecular weight is 290 g/mol. The molecule has 1 aromatic rings. The molecule has 4 nitrogen and oxygen atoms in total. The van der Waals surface area contributed by atoms with Crippen molar-refractivity contribution >= 4 is 27.2 Å². The number of benzene rings is 1. The minimum absolute atomic E-state index is 0.0655. The van der Waals surface area contributed by atoms with Gasteiger partial charge < -0.3 is 5.73 Å². The van der Waals surface area contributed by atoms with Crippen LogP contribution < -0.4 is 10.5 Å². The minimum atomic E-state index is -3.53. The number of rotatable bonds is 6. The number of nitrogens with one attached hydrogen (secondary N) is 1. The molecule has 0 radical (unpaired) electrons. The number of nitrogens with two attached hydrogens (primary N) is 1. The molecule has 0 heterocycles. The Balaban J connectivity index is 2.51. The molecule has 0 amide bonds. The average Bonchev–Trinajstić information content (AvgIpc) is 2.30. The second-order valence-electron chi connectivity index (χ2n) is 3.86. The third kappa shape index (κ3) is 4.32. The van der Waals surface area contributed by atoms with Gasteiger partial charge in [0.25, 0.3) is 0 Å². The lowest BCUT2D eigenvalue weighted by atomic mass is 10.1. The molecular weight excluding hydrogens is 275 g/mol. The molecule has 18 heavy (non-hydrogen) atoms. The van der Waals surface area contributed by atoms with Crippen molar-refractivity contribution < 1.29 is 12.8 Å². The highest BCUT2D eigenvalue weighted by molar-refractivity contribution is 7.93. The Kier molecular flexibility index (Phi) is 5.18. The molecule has 0 saturated heterocycles. The molecule has 0 aliphatic heterocycles. The predicted octanol–water partition coefficient (Wildman–Crippen LogP) is 0.962. The Morgan fingerprint density at radius 2 is 2.00 bits per heavy atom. The fraction of sp³-hybridized carbons (Fsp3) is 0.364. The number of thiocarbonyl (C=S) groups is 1. The van der Waals surface area contributed by atoms with Crippen molar-refractivity contribution in [2.24, 2.45) is 5.73 Å². The zero-order valence-corrected chi connectivity index (χ0v) is 11.5. The quantitative estimate of drug-likeness (QED) is 0.766. The van der Waals surface area contributed by atoms with E-state index in [1.165, 1.54) is 19.1 Å². The Labute approximate surface area is 111 Å². The predicted molar refractivity (Wildman–Crippen MR) is 73.3 cm³/mol. The summed E-state index contributed by atoms with van der Waals surface area (Å²) in [5.41, 5.74) is 6.14. The molecule has 0 bridgehead atoms. The van der Waals surface area contributed by atoms with Gasteiger partial charge in [-0.05, 0) is 31.0 Å². The van der Waals surface area contributed by atoms with Gasteiger partial charge in [0.15, 0.2) is 0 Å². The van der Waals surface area contributed by atoms with Gasteiger partial charge in [-0.3, -0.25) is 0 Å². The van der Waals surface area contributed by atoms with E-state index in [2.05, 4.69) is 16.9 Å². The van der Waals surface area contributed by atoms with Crippen LogP contribution in [-0.4, -0.2) is 25.2 Å². The van der Waals surface area contributed by atoms with Crippen molar-refractivity contribution in [1.82, 2.24) is 4.72 Å². The van der Waals surface area contributed by atoms with Gasteiger partial charge in [0.2, 0.25) is 10.0 Å². The van der Waals surface area contributed by atoms with Crippen LogP contribution in [0.3, 0.4) is 0 Å². The van der Waals surface area contributed by atoms with Crippen LogP contribution in [0.2, 0.25) is 0 Å². The SMILES string of the molecule is CC(C(N)=S)S(=O)(=O)NCCc1ccc(F)cc1. The zero-order chi connectivity index (χ0) is 13.8. The van der Waals surface area contributed by atoms with Crippen LogP contribution in [0.4, 0.5) is 4.39 Å². The maximum Gasteiger partial charge on any atom is 0.220 e. The van der Waals surface area contributed by atoms with E-state index in [4.69, 9.17) is 5.73 Å². The van der Waals surface area contributed by atoms with Gasteiger partial charge in [-0.25, -0.2) is 17.5 Å². The molecule has 0 saturated carbocycles. The van der Waals surface area contributed by atoms with Crippen LogP contribution in [-0.2, 0) is 16.4 Å². The summed E-state index contributed by atoms with van der Waals surface area (Å²) in [4.78, 5) is -0.0655. The Hall–Kier alpha value is -1.05. The summed E-state index contributed by atoms with van der Waals surface area (Å²) in [5, 5.41) is -0.902. The summed E-state index contributed by atoms with van der Waals surface area (Å²) in [5.74, 6) is -0.318. The first-order valence-corrected chi connectivity index (χ1v) is 7.30. The third-order valence-electron chi connectivity index (χ3n) is 2.50.